The molecule has 0 N–H and O–H groups in total. The van der Waals surface area contributed by atoms with Crippen molar-refractivity contribution in [1.29, 1.82) is 10.5 Å². The van der Waals surface area contributed by atoms with E-state index in [1.165, 1.54) is 11.1 Å². The van der Waals surface area contributed by atoms with Gasteiger partial charge in [-0.25, -0.2) is 0 Å². The van der Waals surface area contributed by atoms with Crippen molar-refractivity contribution in [2.45, 2.75) is 52.4 Å². The van der Waals surface area contributed by atoms with E-state index >= 15 is 0 Å². The maximum Gasteiger partial charge on any atom is 0.189 e. The summed E-state index contributed by atoms with van der Waals surface area (Å²) in [4.78, 5) is 8.95. The second-order valence-corrected chi connectivity index (χ2v) is 14.4. The molecule has 8 heteroatoms. The number of fused-ring (bicyclic) bond motifs is 7. The summed E-state index contributed by atoms with van der Waals surface area (Å²) >= 11 is 0. The lowest BCUT2D eigenvalue weighted by Crippen LogP contribution is -2.21. The number of hydrogen-bond donors (Lipinski definition) is 0. The van der Waals surface area contributed by atoms with Crippen LogP contribution in [0.2, 0.25) is 0 Å². The average Bonchev–Trinajstić information content (AvgIpc) is 3.58. The van der Waals surface area contributed by atoms with Gasteiger partial charge in [-0.3, -0.25) is 9.97 Å². The van der Waals surface area contributed by atoms with Crippen molar-refractivity contribution in [2.75, 3.05) is 13.2 Å². The van der Waals surface area contributed by atoms with Crippen molar-refractivity contribution < 1.29 is 9.47 Å². The van der Waals surface area contributed by atoms with Crippen LogP contribution in [0.15, 0.2) is 73.3 Å². The molecule has 1 aliphatic rings. The number of hydrogen-bond acceptors (Lipinski definition) is 6. The molecule has 0 fully saturated rings. The van der Waals surface area contributed by atoms with E-state index in [1.807, 2.05) is 21.3 Å². The lowest BCUT2D eigenvalue weighted by molar-refractivity contribution is 0.171. The van der Waals surface area contributed by atoms with Gasteiger partial charge in [-0.1, -0.05) is 53.7 Å². The van der Waals surface area contributed by atoms with Crippen molar-refractivity contribution in [3.63, 3.8) is 0 Å². The van der Waals surface area contributed by atoms with Gasteiger partial charge in [0.05, 0.1) is 34.5 Å². The Balaban J connectivity index is 1.53. The molecule has 0 aliphatic carbocycles. The lowest BCUT2D eigenvalue weighted by Gasteiger charge is -2.27. The van der Waals surface area contributed by atoms with Crippen molar-refractivity contribution in [2.24, 2.45) is 0 Å². The van der Waals surface area contributed by atoms with Gasteiger partial charge in [-0.05, 0) is 58.4 Å². The SMILES string of the molecule is CC(C)(C)c1ccc2c(c1)c1ccncc1n2-c1c(C#N)c(C#N)c(-n2c3ccc(C(C)(C)C)cc3c3ccncc32)c2c1OCCO2. The Labute approximate surface area is 278 Å². The summed E-state index contributed by atoms with van der Waals surface area (Å²) in [5.74, 6) is 0.833. The predicted octanol–water partition coefficient (Wildman–Crippen LogP) is 8.78. The molecule has 5 heterocycles. The standard InChI is InChI=1S/C40H34N6O2/c1-39(2,3)23-7-9-31-27(17-23)25-11-13-43-21-33(25)45(31)35-29(19-41)30(20-42)36(38-37(35)47-15-16-48-38)46-32-10-8-24(40(4,5)6)18-28(32)26-12-14-44-22-34(26)46/h7-14,17-18,21-22H,15-16H2,1-6H3. The number of benzene rings is 3. The van der Waals surface area contributed by atoms with Crippen LogP contribution < -0.4 is 9.47 Å². The van der Waals surface area contributed by atoms with E-state index < -0.39 is 0 Å². The third kappa shape index (κ3) is 4.19. The summed E-state index contributed by atoms with van der Waals surface area (Å²) in [5.41, 5.74) is 6.96. The van der Waals surface area contributed by atoms with Gasteiger partial charge in [0.2, 0.25) is 0 Å². The maximum absolute atomic E-state index is 11.0. The minimum atomic E-state index is -0.0655. The smallest absolute Gasteiger partial charge is 0.189 e. The Kier molecular flexibility index (Phi) is 6.35. The van der Waals surface area contributed by atoms with Gasteiger partial charge in [-0.2, -0.15) is 10.5 Å². The normalized spacial score (nSPS) is 13.3. The number of rotatable bonds is 2. The Hall–Kier alpha value is -5.86. The number of aromatic nitrogens is 4. The van der Waals surface area contributed by atoms with E-state index in [1.54, 1.807) is 24.8 Å². The quantitative estimate of drug-likeness (QED) is 0.189. The predicted molar refractivity (Wildman–Crippen MR) is 189 cm³/mol. The van der Waals surface area contributed by atoms with E-state index in [4.69, 9.17) is 9.47 Å². The fourth-order valence-corrected chi connectivity index (χ4v) is 7.03. The van der Waals surface area contributed by atoms with E-state index in [2.05, 4.69) is 100 Å². The van der Waals surface area contributed by atoms with Gasteiger partial charge in [0.15, 0.2) is 11.5 Å². The van der Waals surface area contributed by atoms with Gasteiger partial charge in [0.25, 0.3) is 0 Å². The first-order chi connectivity index (χ1) is 23.0. The molecule has 0 saturated heterocycles. The van der Waals surface area contributed by atoms with Crippen LogP contribution in [0.25, 0.3) is 55.0 Å². The Morgan fingerprint density at radius 3 is 1.38 bits per heavy atom. The van der Waals surface area contributed by atoms with Crippen LogP contribution >= 0.6 is 0 Å². The number of ether oxygens (including phenoxy) is 2. The summed E-state index contributed by atoms with van der Waals surface area (Å²) in [6.45, 7) is 13.7. The topological polar surface area (TPSA) is 102 Å². The molecular weight excluding hydrogens is 596 g/mol. The molecule has 0 atom stereocenters. The molecule has 7 aromatic rings. The summed E-state index contributed by atoms with van der Waals surface area (Å²) in [7, 11) is 0. The van der Waals surface area contributed by atoms with Crippen LogP contribution in [-0.2, 0) is 10.8 Å². The van der Waals surface area contributed by atoms with Crippen molar-refractivity contribution >= 4 is 43.6 Å². The van der Waals surface area contributed by atoms with Gasteiger partial charge in [0, 0.05) is 33.9 Å². The van der Waals surface area contributed by atoms with Crippen molar-refractivity contribution in [3.8, 4) is 35.0 Å². The molecule has 0 spiro atoms. The second-order valence-electron chi connectivity index (χ2n) is 14.4. The van der Waals surface area contributed by atoms with E-state index in [0.717, 1.165) is 43.6 Å². The van der Waals surface area contributed by atoms with Gasteiger partial charge >= 0.3 is 0 Å². The molecule has 236 valence electrons. The number of pyridine rings is 2. The first-order valence-corrected chi connectivity index (χ1v) is 16.1. The van der Waals surface area contributed by atoms with E-state index in [0.29, 0.717) is 36.1 Å². The fourth-order valence-electron chi connectivity index (χ4n) is 7.03. The minimum absolute atomic E-state index is 0.0655. The fraction of sp³-hybridized carbons (Fsp3) is 0.250. The molecular formula is C40H34N6O2. The highest BCUT2D eigenvalue weighted by molar-refractivity contribution is 6.11. The van der Waals surface area contributed by atoms with Gasteiger partial charge < -0.3 is 18.6 Å². The summed E-state index contributed by atoms with van der Waals surface area (Å²) < 4.78 is 16.9. The Bertz CT molecular complexity index is 2380. The zero-order chi connectivity index (χ0) is 33.5. The molecule has 8 nitrogen and oxygen atoms in total. The summed E-state index contributed by atoms with van der Waals surface area (Å²) in [6.07, 6.45) is 7.16. The molecule has 8 rings (SSSR count). The van der Waals surface area contributed by atoms with E-state index in [9.17, 15) is 10.5 Å². The van der Waals surface area contributed by atoms with Crippen LogP contribution in [-0.4, -0.2) is 32.3 Å². The molecule has 48 heavy (non-hydrogen) atoms. The maximum atomic E-state index is 11.0. The van der Waals surface area contributed by atoms with Crippen LogP contribution in [0, 0.1) is 22.7 Å². The molecule has 0 radical (unpaired) electrons. The second kappa shape index (κ2) is 10.3. The van der Waals surface area contributed by atoms with Crippen LogP contribution in [0.1, 0.15) is 63.8 Å². The zero-order valence-electron chi connectivity index (χ0n) is 27.8. The van der Waals surface area contributed by atoms with Crippen LogP contribution in [0.5, 0.6) is 11.5 Å². The molecule has 0 bridgehead atoms. The third-order valence-corrected chi connectivity index (χ3v) is 9.48. The number of nitrogens with zero attached hydrogens (tertiary/aromatic N) is 6. The minimum Gasteiger partial charge on any atom is -0.484 e. The van der Waals surface area contributed by atoms with Crippen molar-refractivity contribution in [3.05, 3.63) is 95.6 Å². The Morgan fingerprint density at radius 2 is 1.00 bits per heavy atom. The highest BCUT2D eigenvalue weighted by atomic mass is 16.6. The molecule has 0 amide bonds. The molecule has 0 saturated carbocycles. The Morgan fingerprint density at radius 1 is 0.583 bits per heavy atom. The highest BCUT2D eigenvalue weighted by Crippen LogP contribution is 2.50. The largest absolute Gasteiger partial charge is 0.484 e. The van der Waals surface area contributed by atoms with Crippen LogP contribution in [0.4, 0.5) is 0 Å². The van der Waals surface area contributed by atoms with E-state index in [-0.39, 0.29) is 22.0 Å². The molecule has 1 aliphatic heterocycles. The summed E-state index contributed by atoms with van der Waals surface area (Å²) in [5, 5.41) is 25.9. The number of nitriles is 2. The molecule has 4 aromatic heterocycles. The van der Waals surface area contributed by atoms with Gasteiger partial charge in [0.1, 0.15) is 47.9 Å². The summed E-state index contributed by atoms with van der Waals surface area (Å²) in [6, 6.07) is 21.6. The first kappa shape index (κ1) is 29.5. The third-order valence-electron chi connectivity index (χ3n) is 9.48. The lowest BCUT2D eigenvalue weighted by atomic mass is 9.86. The molecule has 3 aromatic carbocycles. The van der Waals surface area contributed by atoms with Gasteiger partial charge in [-0.15, -0.1) is 0 Å². The average molecular weight is 631 g/mol. The monoisotopic (exact) mass is 630 g/mol. The first-order valence-electron chi connectivity index (χ1n) is 16.1. The van der Waals surface area contributed by atoms with Crippen LogP contribution in [0.3, 0.4) is 0 Å². The highest BCUT2D eigenvalue weighted by Gasteiger charge is 2.34. The van der Waals surface area contributed by atoms with Crippen molar-refractivity contribution in [1.82, 2.24) is 19.1 Å². The zero-order valence-corrected chi connectivity index (χ0v) is 27.8. The molecule has 0 unspecified atom stereocenters.